The van der Waals surface area contributed by atoms with Crippen LogP contribution in [0.2, 0.25) is 0 Å². The second-order valence-electron chi connectivity index (χ2n) is 7.04. The fraction of sp³-hybridized carbons (Fsp3) is 0.400. The predicted molar refractivity (Wildman–Crippen MR) is 97.5 cm³/mol. The summed E-state index contributed by atoms with van der Waals surface area (Å²) in [6.45, 7) is 6.19. The van der Waals surface area contributed by atoms with E-state index in [1.165, 1.54) is 12.1 Å². The van der Waals surface area contributed by atoms with E-state index >= 15 is 0 Å². The first-order chi connectivity index (χ1) is 12.5. The topological polar surface area (TPSA) is 54.5 Å². The Morgan fingerprint density at radius 1 is 1.27 bits per heavy atom. The van der Waals surface area contributed by atoms with Gasteiger partial charge in [0.15, 0.2) is 0 Å². The Morgan fingerprint density at radius 3 is 2.77 bits per heavy atom. The molecule has 1 fully saturated rings. The van der Waals surface area contributed by atoms with Crippen molar-refractivity contribution in [2.45, 2.75) is 26.8 Å². The fourth-order valence-electron chi connectivity index (χ4n) is 3.40. The van der Waals surface area contributed by atoms with E-state index in [0.29, 0.717) is 30.0 Å². The average molecular weight is 357 g/mol. The highest BCUT2D eigenvalue weighted by atomic mass is 19.1. The minimum atomic E-state index is -0.373. The van der Waals surface area contributed by atoms with Gasteiger partial charge in [-0.25, -0.2) is 14.2 Å². The van der Waals surface area contributed by atoms with Gasteiger partial charge < -0.3 is 15.0 Å². The second-order valence-corrected chi connectivity index (χ2v) is 7.04. The summed E-state index contributed by atoms with van der Waals surface area (Å²) in [7, 11) is 0. The van der Waals surface area contributed by atoms with Crippen LogP contribution in [0.3, 0.4) is 0 Å². The van der Waals surface area contributed by atoms with Gasteiger partial charge in [0.2, 0.25) is 5.88 Å². The third-order valence-electron chi connectivity index (χ3n) is 4.45. The Morgan fingerprint density at radius 2 is 2.04 bits per heavy atom. The molecule has 1 N–H and O–H groups in total. The van der Waals surface area contributed by atoms with Crippen molar-refractivity contribution < 1.29 is 13.9 Å². The molecule has 1 aliphatic heterocycles. The van der Waals surface area contributed by atoms with Gasteiger partial charge in [-0.15, -0.1) is 0 Å². The lowest BCUT2D eigenvalue weighted by atomic mass is 9.92. The molecule has 5 nitrogen and oxygen atoms in total. The molecule has 3 rings (SSSR count). The van der Waals surface area contributed by atoms with Gasteiger partial charge >= 0.3 is 6.03 Å². The van der Waals surface area contributed by atoms with Crippen LogP contribution < -0.4 is 10.1 Å². The van der Waals surface area contributed by atoms with E-state index in [4.69, 9.17) is 4.74 Å². The number of halogens is 1. The predicted octanol–water partition coefficient (Wildman–Crippen LogP) is 4.20. The normalized spacial score (nSPS) is 19.9. The molecular weight excluding hydrogens is 333 g/mol. The number of hydrogen-bond donors (Lipinski definition) is 1. The number of carbonyl (C=O) groups is 1. The number of rotatable bonds is 4. The van der Waals surface area contributed by atoms with Crippen molar-refractivity contribution >= 4 is 6.03 Å². The highest BCUT2D eigenvalue weighted by molar-refractivity contribution is 5.74. The molecule has 2 atom stereocenters. The molecule has 1 aromatic carbocycles. The van der Waals surface area contributed by atoms with Crippen molar-refractivity contribution in [3.63, 3.8) is 0 Å². The van der Waals surface area contributed by atoms with Crippen molar-refractivity contribution in [2.24, 2.45) is 11.8 Å². The van der Waals surface area contributed by atoms with Crippen molar-refractivity contribution in [2.75, 3.05) is 13.1 Å². The summed E-state index contributed by atoms with van der Waals surface area (Å²) in [5, 5.41) is 2.94. The Balaban J connectivity index is 1.64. The first kappa shape index (κ1) is 18.2. The van der Waals surface area contributed by atoms with E-state index in [1.807, 2.05) is 11.0 Å². The Kier molecular flexibility index (Phi) is 5.71. The Labute approximate surface area is 153 Å². The standard InChI is InChI=1S/C20H24FN3O2/c1-14-9-15(2)13-24(12-14)20(25)23-11-16-5-4-8-22-19(16)26-18-7-3-6-17(21)10-18/h3-8,10,14-15H,9,11-13H2,1-2H3,(H,23,25). The number of nitrogens with zero attached hydrogens (tertiary/aromatic N) is 2. The van der Waals surface area contributed by atoms with Crippen LogP contribution in [0.5, 0.6) is 11.6 Å². The number of piperidine rings is 1. The number of aromatic nitrogens is 1. The molecule has 26 heavy (non-hydrogen) atoms. The lowest BCUT2D eigenvalue weighted by Crippen LogP contribution is -2.47. The first-order valence-corrected chi connectivity index (χ1v) is 8.91. The lowest BCUT2D eigenvalue weighted by Gasteiger charge is -2.34. The summed E-state index contributed by atoms with van der Waals surface area (Å²) in [4.78, 5) is 18.6. The Hall–Kier alpha value is -2.63. The van der Waals surface area contributed by atoms with Crippen LogP contribution in [0, 0.1) is 17.7 Å². The molecule has 2 amide bonds. The quantitative estimate of drug-likeness (QED) is 0.892. The zero-order valence-corrected chi connectivity index (χ0v) is 15.1. The molecular formula is C20H24FN3O2. The van der Waals surface area contributed by atoms with Gasteiger partial charge in [0.05, 0.1) is 0 Å². The molecule has 138 valence electrons. The molecule has 0 radical (unpaired) electrons. The van der Waals surface area contributed by atoms with Gasteiger partial charge in [0.1, 0.15) is 11.6 Å². The van der Waals surface area contributed by atoms with E-state index in [-0.39, 0.29) is 11.8 Å². The number of nitrogens with one attached hydrogen (secondary N) is 1. The van der Waals surface area contributed by atoms with Gasteiger partial charge in [0.25, 0.3) is 0 Å². The largest absolute Gasteiger partial charge is 0.439 e. The summed E-state index contributed by atoms with van der Waals surface area (Å²) in [5.41, 5.74) is 0.739. The van der Waals surface area contributed by atoms with E-state index in [2.05, 4.69) is 24.1 Å². The van der Waals surface area contributed by atoms with Crippen LogP contribution >= 0.6 is 0 Å². The number of likely N-dealkylation sites (tertiary alicyclic amines) is 1. The minimum Gasteiger partial charge on any atom is -0.439 e. The van der Waals surface area contributed by atoms with Crippen LogP contribution in [0.4, 0.5) is 9.18 Å². The molecule has 6 heteroatoms. The van der Waals surface area contributed by atoms with Gasteiger partial charge in [-0.3, -0.25) is 0 Å². The molecule has 0 saturated carbocycles. The molecule has 0 spiro atoms. The fourth-order valence-corrected chi connectivity index (χ4v) is 3.40. The zero-order valence-electron chi connectivity index (χ0n) is 15.1. The number of benzene rings is 1. The monoisotopic (exact) mass is 357 g/mol. The van der Waals surface area contributed by atoms with Gasteiger partial charge in [0, 0.05) is 37.5 Å². The average Bonchev–Trinajstić information content (AvgIpc) is 2.60. The van der Waals surface area contributed by atoms with Crippen molar-refractivity contribution in [3.8, 4) is 11.6 Å². The van der Waals surface area contributed by atoms with E-state index in [0.717, 1.165) is 25.1 Å². The molecule has 2 heterocycles. The van der Waals surface area contributed by atoms with Crippen LogP contribution in [-0.4, -0.2) is 29.0 Å². The number of carbonyl (C=O) groups excluding carboxylic acids is 1. The number of amides is 2. The second kappa shape index (κ2) is 8.17. The van der Waals surface area contributed by atoms with E-state index in [9.17, 15) is 9.18 Å². The summed E-state index contributed by atoms with van der Waals surface area (Å²) >= 11 is 0. The maximum Gasteiger partial charge on any atom is 0.317 e. The lowest BCUT2D eigenvalue weighted by molar-refractivity contribution is 0.146. The molecule has 1 aliphatic rings. The van der Waals surface area contributed by atoms with Crippen molar-refractivity contribution in [3.05, 3.63) is 54.0 Å². The maximum absolute atomic E-state index is 13.3. The van der Waals surface area contributed by atoms with Crippen LogP contribution in [0.15, 0.2) is 42.6 Å². The highest BCUT2D eigenvalue weighted by Crippen LogP contribution is 2.24. The number of hydrogen-bond acceptors (Lipinski definition) is 3. The third-order valence-corrected chi connectivity index (χ3v) is 4.45. The Bertz CT molecular complexity index is 758. The molecule has 2 unspecified atom stereocenters. The summed E-state index contributed by atoms with van der Waals surface area (Å²) in [6.07, 6.45) is 2.76. The van der Waals surface area contributed by atoms with Crippen LogP contribution in [0.25, 0.3) is 0 Å². The minimum absolute atomic E-state index is 0.0797. The molecule has 2 aromatic rings. The number of ether oxygens (including phenoxy) is 1. The van der Waals surface area contributed by atoms with Gasteiger partial charge in [-0.2, -0.15) is 0 Å². The van der Waals surface area contributed by atoms with Gasteiger partial charge in [-0.1, -0.05) is 26.0 Å². The maximum atomic E-state index is 13.3. The van der Waals surface area contributed by atoms with Crippen LogP contribution in [0.1, 0.15) is 25.8 Å². The van der Waals surface area contributed by atoms with E-state index < -0.39 is 0 Å². The van der Waals surface area contributed by atoms with Crippen molar-refractivity contribution in [1.82, 2.24) is 15.2 Å². The number of pyridine rings is 1. The summed E-state index contributed by atoms with van der Waals surface area (Å²) in [5.74, 6) is 1.37. The first-order valence-electron chi connectivity index (χ1n) is 8.91. The SMILES string of the molecule is CC1CC(C)CN(C(=O)NCc2cccnc2Oc2cccc(F)c2)C1. The van der Waals surface area contributed by atoms with E-state index in [1.54, 1.807) is 24.4 Å². The molecule has 1 saturated heterocycles. The molecule has 0 aliphatic carbocycles. The summed E-state index contributed by atoms with van der Waals surface area (Å²) in [6, 6.07) is 9.43. The van der Waals surface area contributed by atoms with Crippen LogP contribution in [-0.2, 0) is 6.54 Å². The third kappa shape index (κ3) is 4.71. The smallest absolute Gasteiger partial charge is 0.317 e. The van der Waals surface area contributed by atoms with Crippen molar-refractivity contribution in [1.29, 1.82) is 0 Å². The molecule has 0 bridgehead atoms. The summed E-state index contributed by atoms with van der Waals surface area (Å²) < 4.78 is 19.0. The highest BCUT2D eigenvalue weighted by Gasteiger charge is 2.25. The zero-order chi connectivity index (χ0) is 18.5. The number of urea groups is 1. The molecule has 1 aromatic heterocycles. The van der Waals surface area contributed by atoms with Gasteiger partial charge in [-0.05, 0) is 36.5 Å².